The van der Waals surface area contributed by atoms with Crippen LogP contribution in [-0.4, -0.2) is 30.6 Å². The zero-order chi connectivity index (χ0) is 18.7. The van der Waals surface area contributed by atoms with Gasteiger partial charge in [0.25, 0.3) is 0 Å². The van der Waals surface area contributed by atoms with Crippen molar-refractivity contribution in [1.29, 1.82) is 0 Å². The highest BCUT2D eigenvalue weighted by Crippen LogP contribution is 2.19. The predicted octanol–water partition coefficient (Wildman–Crippen LogP) is 6.02. The fourth-order valence-electron chi connectivity index (χ4n) is 3.73. The second-order valence-electron chi connectivity index (χ2n) is 7.78. The largest absolute Gasteiger partial charge is 0.396 e. The van der Waals surface area contributed by atoms with E-state index in [1.54, 1.807) is 0 Å². The summed E-state index contributed by atoms with van der Waals surface area (Å²) in [5.74, 6) is 1.75. The van der Waals surface area contributed by atoms with Crippen molar-refractivity contribution in [1.82, 2.24) is 5.32 Å². The van der Waals surface area contributed by atoms with Crippen LogP contribution in [0.3, 0.4) is 0 Å². The lowest BCUT2D eigenvalue weighted by Gasteiger charge is -2.17. The molecule has 0 radical (unpaired) electrons. The lowest BCUT2D eigenvalue weighted by molar-refractivity contribution is 0.276. The average molecular weight is 365 g/mol. The van der Waals surface area contributed by atoms with E-state index in [0.717, 1.165) is 25.9 Å². The Balaban J connectivity index is 1.93. The SMILES string of the molecule is CCCCCCCC/C=C\CCCCCCC(CCCO)C1=NCCN1. The molecule has 0 amide bonds. The molecule has 3 nitrogen and oxygen atoms in total. The molecule has 1 atom stereocenters. The van der Waals surface area contributed by atoms with Crippen molar-refractivity contribution in [2.75, 3.05) is 19.7 Å². The van der Waals surface area contributed by atoms with Gasteiger partial charge in [-0.05, 0) is 44.9 Å². The number of aliphatic hydroxyl groups excluding tert-OH is 1. The molecule has 0 aliphatic carbocycles. The Morgan fingerprint density at radius 3 is 2.12 bits per heavy atom. The zero-order valence-corrected chi connectivity index (χ0v) is 17.4. The highest BCUT2D eigenvalue weighted by atomic mass is 16.2. The monoisotopic (exact) mass is 364 g/mol. The van der Waals surface area contributed by atoms with Gasteiger partial charge in [0.05, 0.1) is 12.4 Å². The molecule has 1 unspecified atom stereocenters. The summed E-state index contributed by atoms with van der Waals surface area (Å²) in [4.78, 5) is 4.59. The van der Waals surface area contributed by atoms with Crippen LogP contribution in [-0.2, 0) is 0 Å². The van der Waals surface area contributed by atoms with E-state index in [2.05, 4.69) is 29.4 Å². The van der Waals surface area contributed by atoms with Gasteiger partial charge in [0.2, 0.25) is 0 Å². The summed E-state index contributed by atoms with van der Waals surface area (Å²) in [6.07, 6.45) is 24.2. The molecule has 1 aliphatic heterocycles. The van der Waals surface area contributed by atoms with E-state index in [4.69, 9.17) is 5.11 Å². The molecule has 0 fully saturated rings. The lowest BCUT2D eigenvalue weighted by atomic mass is 9.94. The van der Waals surface area contributed by atoms with Gasteiger partial charge in [-0.2, -0.15) is 0 Å². The molecule has 0 saturated heterocycles. The summed E-state index contributed by atoms with van der Waals surface area (Å²) in [6.45, 7) is 4.50. The second kappa shape index (κ2) is 17.6. The van der Waals surface area contributed by atoms with Gasteiger partial charge in [-0.25, -0.2) is 0 Å². The molecule has 26 heavy (non-hydrogen) atoms. The molecule has 2 N–H and O–H groups in total. The minimum atomic E-state index is 0.300. The van der Waals surface area contributed by atoms with Crippen LogP contribution in [0.4, 0.5) is 0 Å². The number of aliphatic imine (C=N–C) groups is 1. The smallest absolute Gasteiger partial charge is 0.0995 e. The average Bonchev–Trinajstić information content (AvgIpc) is 3.19. The molecule has 0 saturated carbocycles. The highest BCUT2D eigenvalue weighted by Gasteiger charge is 2.17. The Bertz CT molecular complexity index is 365. The first kappa shape index (κ1) is 23.2. The van der Waals surface area contributed by atoms with Crippen LogP contribution in [0.15, 0.2) is 17.1 Å². The molecule has 3 heteroatoms. The number of rotatable bonds is 18. The topological polar surface area (TPSA) is 44.6 Å². The molecule has 1 heterocycles. The second-order valence-corrected chi connectivity index (χ2v) is 7.78. The van der Waals surface area contributed by atoms with Crippen LogP contribution in [0.5, 0.6) is 0 Å². The minimum Gasteiger partial charge on any atom is -0.396 e. The van der Waals surface area contributed by atoms with Gasteiger partial charge >= 0.3 is 0 Å². The molecule has 0 aromatic carbocycles. The maximum atomic E-state index is 9.09. The van der Waals surface area contributed by atoms with Gasteiger partial charge in [0, 0.05) is 19.1 Å². The lowest BCUT2D eigenvalue weighted by Crippen LogP contribution is -2.27. The quantitative estimate of drug-likeness (QED) is 0.230. The van der Waals surface area contributed by atoms with E-state index in [0.29, 0.717) is 12.5 Å². The molecule has 0 aromatic rings. The molecule has 152 valence electrons. The minimum absolute atomic E-state index is 0.300. The standard InChI is InChI=1S/C23H44N2O/c1-2-3-4-5-6-7-8-9-10-11-12-13-14-15-17-22(18-16-21-26)23-24-19-20-25-23/h9-10,22,26H,2-8,11-21H2,1H3,(H,24,25)/b10-9-. The Kier molecular flexibility index (Phi) is 15.7. The van der Waals surface area contributed by atoms with Crippen molar-refractivity contribution in [2.24, 2.45) is 10.9 Å². The third-order valence-electron chi connectivity index (χ3n) is 5.36. The first-order valence-electron chi connectivity index (χ1n) is 11.4. The van der Waals surface area contributed by atoms with Gasteiger partial charge < -0.3 is 10.4 Å². The number of hydrogen-bond donors (Lipinski definition) is 2. The van der Waals surface area contributed by atoms with E-state index in [9.17, 15) is 0 Å². The molecule has 0 spiro atoms. The maximum Gasteiger partial charge on any atom is 0.0995 e. The molecule has 0 aromatic heterocycles. The normalized spacial score (nSPS) is 15.4. The number of hydrogen-bond acceptors (Lipinski definition) is 3. The maximum absolute atomic E-state index is 9.09. The van der Waals surface area contributed by atoms with Crippen LogP contribution in [0.2, 0.25) is 0 Å². The Labute approximate surface area is 162 Å². The first-order valence-corrected chi connectivity index (χ1v) is 11.4. The van der Waals surface area contributed by atoms with Crippen LogP contribution in [0.25, 0.3) is 0 Å². The zero-order valence-electron chi connectivity index (χ0n) is 17.4. The van der Waals surface area contributed by atoms with Gasteiger partial charge in [-0.1, -0.05) is 70.4 Å². The molecular weight excluding hydrogens is 320 g/mol. The summed E-state index contributed by atoms with van der Waals surface area (Å²) in [7, 11) is 0. The van der Waals surface area contributed by atoms with Crippen molar-refractivity contribution in [3.8, 4) is 0 Å². The van der Waals surface area contributed by atoms with Crippen molar-refractivity contribution in [3.63, 3.8) is 0 Å². The highest BCUT2D eigenvalue weighted by molar-refractivity contribution is 5.85. The van der Waals surface area contributed by atoms with E-state index < -0.39 is 0 Å². The number of nitrogens with one attached hydrogen (secondary N) is 1. The number of amidine groups is 1. The van der Waals surface area contributed by atoms with E-state index in [1.807, 2.05) is 0 Å². The third-order valence-corrected chi connectivity index (χ3v) is 5.36. The van der Waals surface area contributed by atoms with Crippen LogP contribution < -0.4 is 5.32 Å². The number of aliphatic hydroxyl groups is 1. The summed E-state index contributed by atoms with van der Waals surface area (Å²) in [6, 6.07) is 0. The molecular formula is C23H44N2O. The molecule has 0 bridgehead atoms. The van der Waals surface area contributed by atoms with Crippen molar-refractivity contribution in [3.05, 3.63) is 12.2 Å². The van der Waals surface area contributed by atoms with Crippen LogP contribution in [0, 0.1) is 5.92 Å². The summed E-state index contributed by atoms with van der Waals surface area (Å²) >= 11 is 0. The number of unbranched alkanes of at least 4 members (excludes halogenated alkanes) is 10. The fourth-order valence-corrected chi connectivity index (χ4v) is 3.73. The van der Waals surface area contributed by atoms with Crippen molar-refractivity contribution in [2.45, 2.75) is 103 Å². The number of nitrogens with zero attached hydrogens (tertiary/aromatic N) is 1. The Morgan fingerprint density at radius 2 is 1.50 bits per heavy atom. The summed E-state index contributed by atoms with van der Waals surface area (Å²) in [5.41, 5.74) is 0. The third kappa shape index (κ3) is 12.5. The van der Waals surface area contributed by atoms with E-state index >= 15 is 0 Å². The van der Waals surface area contributed by atoms with Gasteiger partial charge in [-0.15, -0.1) is 0 Å². The molecule has 1 aliphatic rings. The van der Waals surface area contributed by atoms with E-state index in [-0.39, 0.29) is 0 Å². The Hall–Kier alpha value is -0.830. The summed E-state index contributed by atoms with van der Waals surface area (Å²) in [5, 5.41) is 12.5. The fraction of sp³-hybridized carbons (Fsp3) is 0.870. The predicted molar refractivity (Wildman–Crippen MR) is 115 cm³/mol. The van der Waals surface area contributed by atoms with Crippen molar-refractivity contribution >= 4 is 5.84 Å². The van der Waals surface area contributed by atoms with E-state index in [1.165, 1.54) is 89.3 Å². The number of allylic oxidation sites excluding steroid dienone is 2. The Morgan fingerprint density at radius 1 is 0.885 bits per heavy atom. The van der Waals surface area contributed by atoms with Gasteiger partial charge in [0.15, 0.2) is 0 Å². The first-order chi connectivity index (χ1) is 12.9. The van der Waals surface area contributed by atoms with Crippen LogP contribution in [0.1, 0.15) is 103 Å². The summed E-state index contributed by atoms with van der Waals surface area (Å²) < 4.78 is 0. The van der Waals surface area contributed by atoms with Gasteiger partial charge in [0.1, 0.15) is 0 Å². The van der Waals surface area contributed by atoms with Crippen molar-refractivity contribution < 1.29 is 5.11 Å². The van der Waals surface area contributed by atoms with Gasteiger partial charge in [-0.3, -0.25) is 4.99 Å². The molecule has 1 rings (SSSR count). The van der Waals surface area contributed by atoms with Crippen LogP contribution >= 0.6 is 0 Å².